The molecule has 1 heterocycles. The summed E-state index contributed by atoms with van der Waals surface area (Å²) in [5, 5.41) is 0. The molecular weight excluding hydrogens is 292 g/mol. The summed E-state index contributed by atoms with van der Waals surface area (Å²) in [5.74, 6) is 2.27. The molecule has 20 heavy (non-hydrogen) atoms. The van der Waals surface area contributed by atoms with Crippen molar-refractivity contribution in [3.8, 4) is 5.75 Å². The van der Waals surface area contributed by atoms with E-state index in [9.17, 15) is 9.59 Å². The van der Waals surface area contributed by atoms with E-state index in [0.29, 0.717) is 16.9 Å². The van der Waals surface area contributed by atoms with E-state index in [4.69, 9.17) is 4.74 Å². The monoisotopic (exact) mass is 308 g/mol. The zero-order valence-corrected chi connectivity index (χ0v) is 13.1. The van der Waals surface area contributed by atoms with Crippen LogP contribution in [0.5, 0.6) is 5.75 Å². The summed E-state index contributed by atoms with van der Waals surface area (Å²) < 4.78 is 5.94. The summed E-state index contributed by atoms with van der Waals surface area (Å²) >= 11 is 3.21. The number of carbonyl (C=O) groups excluding carboxylic acids is 2. The fourth-order valence-electron chi connectivity index (χ4n) is 1.86. The Hall–Kier alpha value is -1.20. The molecular formula is C15H16O3S2. The molecule has 0 bridgehead atoms. The summed E-state index contributed by atoms with van der Waals surface area (Å²) in [5.41, 5.74) is 0.847. The molecule has 0 N–H and O–H groups in total. The molecule has 0 aliphatic carbocycles. The van der Waals surface area contributed by atoms with E-state index in [1.54, 1.807) is 54.9 Å². The molecule has 3 nitrogen and oxygen atoms in total. The standard InChI is InChI=1S/C15H16O3S2/c1-10(16)13(15-19-8-3-9-20-15)14(17)11-4-6-12(18-2)7-5-11/h4-7H,3,8-9H2,1-2H3. The van der Waals surface area contributed by atoms with Crippen LogP contribution in [-0.4, -0.2) is 30.2 Å². The van der Waals surface area contributed by atoms with Crippen molar-refractivity contribution in [1.29, 1.82) is 0 Å². The van der Waals surface area contributed by atoms with Crippen LogP contribution in [0, 0.1) is 0 Å². The number of allylic oxidation sites excluding steroid dienone is 1. The van der Waals surface area contributed by atoms with Crippen LogP contribution in [0.1, 0.15) is 23.7 Å². The van der Waals surface area contributed by atoms with Crippen LogP contribution in [0.15, 0.2) is 34.1 Å². The van der Waals surface area contributed by atoms with Crippen molar-refractivity contribution in [2.24, 2.45) is 0 Å². The van der Waals surface area contributed by atoms with E-state index in [1.165, 1.54) is 6.92 Å². The van der Waals surface area contributed by atoms with Crippen molar-refractivity contribution in [1.82, 2.24) is 0 Å². The average molecular weight is 308 g/mol. The maximum atomic E-state index is 12.5. The molecule has 0 spiro atoms. The second-order valence-corrected chi connectivity index (χ2v) is 6.80. The number of thioether (sulfide) groups is 2. The Morgan fingerprint density at radius 1 is 1.10 bits per heavy atom. The Kier molecular flexibility index (Phi) is 5.31. The van der Waals surface area contributed by atoms with Crippen molar-refractivity contribution < 1.29 is 14.3 Å². The van der Waals surface area contributed by atoms with Crippen molar-refractivity contribution in [3.05, 3.63) is 39.6 Å². The molecule has 1 aromatic rings. The highest BCUT2D eigenvalue weighted by molar-refractivity contribution is 8.22. The lowest BCUT2D eigenvalue weighted by Gasteiger charge is -2.16. The Bertz CT molecular complexity index is 539. The van der Waals surface area contributed by atoms with Gasteiger partial charge in [0.15, 0.2) is 11.6 Å². The van der Waals surface area contributed by atoms with Crippen LogP contribution < -0.4 is 4.74 Å². The molecule has 106 valence electrons. The first-order valence-electron chi connectivity index (χ1n) is 6.33. The summed E-state index contributed by atoms with van der Waals surface area (Å²) in [6, 6.07) is 6.86. The van der Waals surface area contributed by atoms with Gasteiger partial charge in [-0.15, -0.1) is 23.5 Å². The van der Waals surface area contributed by atoms with Gasteiger partial charge in [0.1, 0.15) is 5.75 Å². The van der Waals surface area contributed by atoms with E-state index in [0.717, 1.165) is 22.2 Å². The second kappa shape index (κ2) is 6.99. The van der Waals surface area contributed by atoms with Crippen molar-refractivity contribution in [3.63, 3.8) is 0 Å². The lowest BCUT2D eigenvalue weighted by Crippen LogP contribution is -2.13. The van der Waals surface area contributed by atoms with E-state index >= 15 is 0 Å². The minimum atomic E-state index is -0.197. The van der Waals surface area contributed by atoms with Crippen LogP contribution in [0.4, 0.5) is 0 Å². The normalized spacial score (nSPS) is 14.8. The maximum absolute atomic E-state index is 12.5. The Balaban J connectivity index is 2.33. The van der Waals surface area contributed by atoms with Gasteiger partial charge in [0, 0.05) is 5.56 Å². The highest BCUT2D eigenvalue weighted by Gasteiger charge is 2.23. The van der Waals surface area contributed by atoms with Gasteiger partial charge in [0.25, 0.3) is 0 Å². The van der Waals surface area contributed by atoms with Crippen molar-refractivity contribution >= 4 is 35.1 Å². The molecule has 0 radical (unpaired) electrons. The van der Waals surface area contributed by atoms with Gasteiger partial charge in [-0.3, -0.25) is 9.59 Å². The van der Waals surface area contributed by atoms with E-state index in [1.807, 2.05) is 0 Å². The Morgan fingerprint density at radius 2 is 1.70 bits per heavy atom. The number of carbonyl (C=O) groups is 2. The number of hydrogen-bond acceptors (Lipinski definition) is 5. The van der Waals surface area contributed by atoms with Crippen molar-refractivity contribution in [2.75, 3.05) is 18.6 Å². The smallest absolute Gasteiger partial charge is 0.198 e. The van der Waals surface area contributed by atoms with E-state index < -0.39 is 0 Å². The number of ether oxygens (including phenoxy) is 1. The fraction of sp³-hybridized carbons (Fsp3) is 0.333. The molecule has 0 saturated carbocycles. The molecule has 1 aliphatic rings. The van der Waals surface area contributed by atoms with Crippen LogP contribution in [0.2, 0.25) is 0 Å². The van der Waals surface area contributed by atoms with E-state index in [2.05, 4.69) is 0 Å². The molecule has 1 aliphatic heterocycles. The summed E-state index contributed by atoms with van der Waals surface area (Å²) in [4.78, 5) is 24.4. The predicted octanol–water partition coefficient (Wildman–Crippen LogP) is 3.55. The van der Waals surface area contributed by atoms with E-state index in [-0.39, 0.29) is 11.6 Å². The highest BCUT2D eigenvalue weighted by atomic mass is 32.2. The number of hydrogen-bond donors (Lipinski definition) is 0. The summed E-state index contributed by atoms with van der Waals surface area (Å²) in [6.07, 6.45) is 1.11. The molecule has 5 heteroatoms. The fourth-order valence-corrected chi connectivity index (χ4v) is 4.58. The second-order valence-electron chi connectivity index (χ2n) is 4.33. The van der Waals surface area contributed by atoms with Gasteiger partial charge in [-0.2, -0.15) is 0 Å². The molecule has 0 atom stereocenters. The molecule has 1 fully saturated rings. The maximum Gasteiger partial charge on any atom is 0.198 e. The number of ketones is 2. The molecule has 1 saturated heterocycles. The first-order chi connectivity index (χ1) is 9.63. The number of methoxy groups -OCH3 is 1. The zero-order chi connectivity index (χ0) is 14.5. The number of Topliss-reactive ketones (excluding diaryl/α,β-unsaturated/α-hetero) is 2. The minimum Gasteiger partial charge on any atom is -0.497 e. The third-order valence-corrected chi connectivity index (χ3v) is 5.52. The quantitative estimate of drug-likeness (QED) is 0.368. The van der Waals surface area contributed by atoms with Gasteiger partial charge < -0.3 is 4.74 Å². The van der Waals surface area contributed by atoms with Crippen LogP contribution in [0.25, 0.3) is 0 Å². The number of rotatable bonds is 4. The predicted molar refractivity (Wildman–Crippen MR) is 84.6 cm³/mol. The zero-order valence-electron chi connectivity index (χ0n) is 11.5. The lowest BCUT2D eigenvalue weighted by molar-refractivity contribution is -0.113. The highest BCUT2D eigenvalue weighted by Crippen LogP contribution is 2.38. The van der Waals surface area contributed by atoms with Crippen LogP contribution >= 0.6 is 23.5 Å². The minimum absolute atomic E-state index is 0.164. The van der Waals surface area contributed by atoms with Crippen molar-refractivity contribution in [2.45, 2.75) is 13.3 Å². The molecule has 0 aromatic heterocycles. The summed E-state index contributed by atoms with van der Waals surface area (Å²) in [7, 11) is 1.58. The largest absolute Gasteiger partial charge is 0.497 e. The first kappa shape index (κ1) is 15.2. The topological polar surface area (TPSA) is 43.4 Å². The molecule has 0 amide bonds. The third kappa shape index (κ3) is 3.46. The first-order valence-corrected chi connectivity index (χ1v) is 8.30. The Labute approximate surface area is 127 Å². The van der Waals surface area contributed by atoms with Gasteiger partial charge in [-0.05, 0) is 49.1 Å². The van der Waals surface area contributed by atoms with Gasteiger partial charge in [0.2, 0.25) is 0 Å². The van der Waals surface area contributed by atoms with Gasteiger partial charge in [-0.1, -0.05) is 0 Å². The van der Waals surface area contributed by atoms with Gasteiger partial charge >= 0.3 is 0 Å². The molecule has 2 rings (SSSR count). The van der Waals surface area contributed by atoms with Crippen LogP contribution in [-0.2, 0) is 4.79 Å². The number of benzene rings is 1. The lowest BCUT2D eigenvalue weighted by atomic mass is 10.0. The Morgan fingerprint density at radius 3 is 2.20 bits per heavy atom. The SMILES string of the molecule is COc1ccc(C(=O)C(C(C)=O)=C2SCCCS2)cc1. The molecule has 0 unspecified atom stereocenters. The average Bonchev–Trinajstić information content (AvgIpc) is 2.48. The summed E-state index contributed by atoms with van der Waals surface area (Å²) in [6.45, 7) is 1.46. The van der Waals surface area contributed by atoms with Crippen LogP contribution in [0.3, 0.4) is 0 Å². The van der Waals surface area contributed by atoms with Gasteiger partial charge in [0.05, 0.1) is 16.9 Å². The molecule has 1 aromatic carbocycles. The van der Waals surface area contributed by atoms with Gasteiger partial charge in [-0.25, -0.2) is 0 Å². The third-order valence-electron chi connectivity index (χ3n) is 2.89.